The van der Waals surface area contributed by atoms with E-state index in [2.05, 4.69) is 42.1 Å². The highest BCUT2D eigenvalue weighted by Crippen LogP contribution is 2.40. The molecular formula is C17H21N3S. The molecule has 2 aliphatic carbocycles. The van der Waals surface area contributed by atoms with Gasteiger partial charge >= 0.3 is 0 Å². The molecule has 2 aromatic rings. The molecule has 0 spiro atoms. The van der Waals surface area contributed by atoms with Crippen molar-refractivity contribution in [1.82, 2.24) is 14.8 Å². The Morgan fingerprint density at radius 3 is 2.43 bits per heavy atom. The second kappa shape index (κ2) is 5.16. The molecule has 110 valence electrons. The lowest BCUT2D eigenvalue weighted by atomic mass is 10.1. The Morgan fingerprint density at radius 1 is 1.19 bits per heavy atom. The molecule has 21 heavy (non-hydrogen) atoms. The van der Waals surface area contributed by atoms with Crippen molar-refractivity contribution in [3.8, 4) is 0 Å². The first kappa shape index (κ1) is 13.4. The van der Waals surface area contributed by atoms with Crippen LogP contribution in [0, 0.1) is 0 Å². The quantitative estimate of drug-likeness (QED) is 0.857. The number of thioether (sulfide) groups is 1. The van der Waals surface area contributed by atoms with Crippen molar-refractivity contribution in [2.75, 3.05) is 6.26 Å². The van der Waals surface area contributed by atoms with Gasteiger partial charge in [0.1, 0.15) is 5.82 Å². The zero-order valence-electron chi connectivity index (χ0n) is 12.6. The summed E-state index contributed by atoms with van der Waals surface area (Å²) in [5.41, 5.74) is 2.96. The first-order chi connectivity index (χ1) is 10.3. The molecular weight excluding hydrogens is 278 g/mol. The predicted octanol–water partition coefficient (Wildman–Crippen LogP) is 3.92. The van der Waals surface area contributed by atoms with Crippen LogP contribution in [0.3, 0.4) is 0 Å². The van der Waals surface area contributed by atoms with Crippen LogP contribution in [-0.4, -0.2) is 21.0 Å². The second-order valence-electron chi connectivity index (χ2n) is 6.26. The van der Waals surface area contributed by atoms with Crippen LogP contribution < -0.4 is 0 Å². The van der Waals surface area contributed by atoms with E-state index in [0.717, 1.165) is 18.7 Å². The average Bonchev–Trinajstić information content (AvgIpc) is 3.12. The third kappa shape index (κ3) is 2.39. The number of hydrogen-bond acceptors (Lipinski definition) is 3. The smallest absolute Gasteiger partial charge is 0.154 e. The molecule has 1 atom stereocenters. The van der Waals surface area contributed by atoms with Crippen molar-refractivity contribution in [1.29, 1.82) is 0 Å². The molecule has 0 saturated heterocycles. The van der Waals surface area contributed by atoms with Crippen LogP contribution in [0.25, 0.3) is 0 Å². The average molecular weight is 299 g/mol. The maximum absolute atomic E-state index is 4.90. The fourth-order valence-electron chi connectivity index (χ4n) is 3.23. The molecule has 1 saturated carbocycles. The largest absolute Gasteiger partial charge is 0.245 e. The first-order valence-electron chi connectivity index (χ1n) is 7.82. The number of rotatable bonds is 4. The Hall–Kier alpha value is -1.29. The Morgan fingerprint density at radius 2 is 1.86 bits per heavy atom. The molecule has 1 aromatic carbocycles. The van der Waals surface area contributed by atoms with Gasteiger partial charge in [-0.3, -0.25) is 0 Å². The van der Waals surface area contributed by atoms with Crippen molar-refractivity contribution in [3.63, 3.8) is 0 Å². The molecule has 4 rings (SSSR count). The summed E-state index contributed by atoms with van der Waals surface area (Å²) in [6.45, 7) is 2.24. The minimum atomic E-state index is 0.411. The third-order valence-corrected chi connectivity index (χ3v) is 5.63. The van der Waals surface area contributed by atoms with E-state index in [1.807, 2.05) is 11.8 Å². The van der Waals surface area contributed by atoms with Gasteiger partial charge in [0.05, 0.1) is 11.3 Å². The van der Waals surface area contributed by atoms with Gasteiger partial charge < -0.3 is 0 Å². The lowest BCUT2D eigenvalue weighted by Crippen LogP contribution is -2.15. The molecule has 1 aromatic heterocycles. The fraction of sp³-hybridized carbons (Fsp3) is 0.529. The third-order valence-electron chi connectivity index (χ3n) is 4.71. The lowest BCUT2D eigenvalue weighted by molar-refractivity contribution is 0.452. The predicted molar refractivity (Wildman–Crippen MR) is 86.8 cm³/mol. The molecule has 0 unspecified atom stereocenters. The van der Waals surface area contributed by atoms with E-state index in [9.17, 15) is 0 Å². The molecule has 0 aliphatic heterocycles. The van der Waals surface area contributed by atoms with E-state index < -0.39 is 0 Å². The molecule has 4 heteroatoms. The minimum Gasteiger partial charge on any atom is -0.245 e. The number of hydrogen-bond donors (Lipinski definition) is 0. The molecule has 1 heterocycles. The van der Waals surface area contributed by atoms with Gasteiger partial charge in [-0.05, 0) is 50.0 Å². The SMILES string of the molecule is CS[C@H](C)c1nc(C2CC2)nn1C1Cc2ccccc2C1. The van der Waals surface area contributed by atoms with Crippen LogP contribution in [0.15, 0.2) is 24.3 Å². The van der Waals surface area contributed by atoms with Crippen LogP contribution >= 0.6 is 11.8 Å². The molecule has 1 fully saturated rings. The Bertz CT molecular complexity index is 635. The summed E-state index contributed by atoms with van der Waals surface area (Å²) in [6.07, 6.45) is 6.88. The monoisotopic (exact) mass is 299 g/mol. The number of fused-ring (bicyclic) bond motifs is 1. The summed E-state index contributed by atoms with van der Waals surface area (Å²) in [5.74, 6) is 2.88. The summed E-state index contributed by atoms with van der Waals surface area (Å²) in [6, 6.07) is 9.25. The molecule has 0 bridgehead atoms. The first-order valence-corrected chi connectivity index (χ1v) is 9.11. The topological polar surface area (TPSA) is 30.7 Å². The number of benzene rings is 1. The van der Waals surface area contributed by atoms with E-state index in [0.29, 0.717) is 17.2 Å². The van der Waals surface area contributed by atoms with Crippen molar-refractivity contribution in [2.24, 2.45) is 0 Å². The summed E-state index contributed by atoms with van der Waals surface area (Å²) in [4.78, 5) is 4.88. The van der Waals surface area contributed by atoms with Crippen molar-refractivity contribution < 1.29 is 0 Å². The summed E-state index contributed by atoms with van der Waals surface area (Å²) < 4.78 is 2.24. The van der Waals surface area contributed by atoms with Crippen molar-refractivity contribution in [2.45, 2.75) is 49.8 Å². The lowest BCUT2D eigenvalue weighted by Gasteiger charge is -2.15. The molecule has 0 radical (unpaired) electrons. The highest BCUT2D eigenvalue weighted by molar-refractivity contribution is 7.98. The highest BCUT2D eigenvalue weighted by atomic mass is 32.2. The van der Waals surface area contributed by atoms with Gasteiger partial charge in [-0.1, -0.05) is 24.3 Å². The van der Waals surface area contributed by atoms with Gasteiger partial charge in [-0.2, -0.15) is 16.9 Å². The molecule has 0 amide bonds. The number of nitrogens with zero attached hydrogens (tertiary/aromatic N) is 3. The second-order valence-corrected chi connectivity index (χ2v) is 7.43. The summed E-state index contributed by atoms with van der Waals surface area (Å²) >= 11 is 1.86. The van der Waals surface area contributed by atoms with Crippen molar-refractivity contribution in [3.05, 3.63) is 47.0 Å². The molecule has 3 nitrogen and oxygen atoms in total. The van der Waals surface area contributed by atoms with Crippen LogP contribution in [0.4, 0.5) is 0 Å². The van der Waals surface area contributed by atoms with Gasteiger partial charge in [0.15, 0.2) is 5.82 Å². The van der Waals surface area contributed by atoms with Gasteiger partial charge in [0, 0.05) is 5.92 Å². The van der Waals surface area contributed by atoms with Crippen LogP contribution in [0.2, 0.25) is 0 Å². The zero-order chi connectivity index (χ0) is 14.4. The summed E-state index contributed by atoms with van der Waals surface area (Å²) in [5, 5.41) is 5.31. The van der Waals surface area contributed by atoms with Gasteiger partial charge in [0.2, 0.25) is 0 Å². The summed E-state index contributed by atoms with van der Waals surface area (Å²) in [7, 11) is 0. The Labute approximate surface area is 130 Å². The maximum Gasteiger partial charge on any atom is 0.154 e. The van der Waals surface area contributed by atoms with Crippen molar-refractivity contribution >= 4 is 11.8 Å². The minimum absolute atomic E-state index is 0.411. The zero-order valence-corrected chi connectivity index (χ0v) is 13.4. The van der Waals surface area contributed by atoms with Crippen LogP contribution in [-0.2, 0) is 12.8 Å². The Balaban J connectivity index is 1.68. The fourth-order valence-corrected chi connectivity index (χ4v) is 3.60. The van der Waals surface area contributed by atoms with E-state index in [1.165, 1.54) is 29.8 Å². The van der Waals surface area contributed by atoms with E-state index in [-0.39, 0.29) is 0 Å². The molecule has 0 N–H and O–H groups in total. The number of aromatic nitrogens is 3. The van der Waals surface area contributed by atoms with Crippen LogP contribution in [0.5, 0.6) is 0 Å². The van der Waals surface area contributed by atoms with E-state index in [1.54, 1.807) is 0 Å². The maximum atomic E-state index is 4.90. The van der Waals surface area contributed by atoms with Gasteiger partial charge in [0.25, 0.3) is 0 Å². The van der Waals surface area contributed by atoms with Gasteiger partial charge in [-0.15, -0.1) is 0 Å². The Kier molecular flexibility index (Phi) is 3.29. The standard InChI is InChI=1S/C17H21N3S/c1-11(21-2)17-18-16(12-7-8-12)19-20(17)15-9-13-5-3-4-6-14(13)10-15/h3-6,11-12,15H,7-10H2,1-2H3/t11-/m1/s1. The van der Waals surface area contributed by atoms with Gasteiger partial charge in [-0.25, -0.2) is 9.67 Å². The van der Waals surface area contributed by atoms with Crippen LogP contribution in [0.1, 0.15) is 59.8 Å². The van der Waals surface area contributed by atoms with E-state index in [4.69, 9.17) is 10.1 Å². The normalized spacial score (nSPS) is 19.7. The van der Waals surface area contributed by atoms with E-state index >= 15 is 0 Å². The highest BCUT2D eigenvalue weighted by Gasteiger charge is 2.33. The molecule has 2 aliphatic rings.